The summed E-state index contributed by atoms with van der Waals surface area (Å²) in [6.07, 6.45) is 14.9. The van der Waals surface area contributed by atoms with E-state index in [1.165, 1.54) is 0 Å². The maximum atomic E-state index is 7.28. The van der Waals surface area contributed by atoms with Crippen LogP contribution in [0.4, 0.5) is 0 Å². The monoisotopic (exact) mass is 128 g/mol. The van der Waals surface area contributed by atoms with Gasteiger partial charge in [-0.25, -0.2) is 0 Å². The maximum absolute atomic E-state index is 7.28. The highest BCUT2D eigenvalue weighted by molar-refractivity contribution is 5.32. The molecular weight excluding hydrogens is 120 g/mol. The van der Waals surface area contributed by atoms with E-state index in [1.807, 2.05) is 36.5 Å². The Bertz CT molecular complexity index is 200. The van der Waals surface area contributed by atoms with Crippen LogP contribution in [0.1, 0.15) is 0 Å². The summed E-state index contributed by atoms with van der Waals surface area (Å²) in [4.78, 5) is 0. The number of allylic oxidation sites excluding steroid dienone is 9. The molecule has 2 radical (unpaired) electrons. The third-order valence-electron chi connectivity index (χ3n) is 1.11. The van der Waals surface area contributed by atoms with E-state index >= 15 is 0 Å². The van der Waals surface area contributed by atoms with Crippen LogP contribution >= 0.6 is 0 Å². The zero-order valence-corrected chi connectivity index (χ0v) is 5.62. The lowest BCUT2D eigenvalue weighted by atomic mass is 10.2. The van der Waals surface area contributed by atoms with Crippen LogP contribution in [0.2, 0.25) is 0 Å². The van der Waals surface area contributed by atoms with Gasteiger partial charge in [0.05, 0.1) is 0 Å². The van der Waals surface area contributed by atoms with Crippen molar-refractivity contribution >= 4 is 0 Å². The Hall–Kier alpha value is -1.30. The highest BCUT2D eigenvalue weighted by Gasteiger charge is 1.77. The van der Waals surface area contributed by atoms with Crippen molar-refractivity contribution in [2.24, 2.45) is 0 Å². The van der Waals surface area contributed by atoms with Gasteiger partial charge >= 0.3 is 0 Å². The Morgan fingerprint density at radius 1 is 0.700 bits per heavy atom. The van der Waals surface area contributed by atoms with Gasteiger partial charge in [0, 0.05) is 0 Å². The summed E-state index contributed by atoms with van der Waals surface area (Å²) in [6.45, 7) is 7.28. The van der Waals surface area contributed by atoms with Gasteiger partial charge in [-0.15, -0.1) is 0 Å². The average molecular weight is 128 g/mol. The van der Waals surface area contributed by atoms with E-state index in [4.69, 9.17) is 6.58 Å². The van der Waals surface area contributed by atoms with Crippen LogP contribution < -0.4 is 0 Å². The second kappa shape index (κ2) is 3.67. The zero-order valence-electron chi connectivity index (χ0n) is 5.62. The van der Waals surface area contributed by atoms with Gasteiger partial charge in [-0.05, 0) is 12.2 Å². The minimum atomic E-state index is 0.524. The molecule has 0 spiro atoms. The first kappa shape index (κ1) is 6.81. The number of hydrogen-bond acceptors (Lipinski definition) is 0. The molecule has 48 valence electrons. The summed E-state index contributed by atoms with van der Waals surface area (Å²) in [5, 5.41) is 0. The van der Waals surface area contributed by atoms with Crippen molar-refractivity contribution in [3.05, 3.63) is 60.8 Å². The molecule has 1 aliphatic rings. The summed E-state index contributed by atoms with van der Waals surface area (Å²) in [5.41, 5.74) is 0.524. The molecule has 0 unspecified atom stereocenters. The Morgan fingerprint density at radius 3 is 1.60 bits per heavy atom. The molecule has 0 heterocycles. The summed E-state index contributed by atoms with van der Waals surface area (Å²) in [7, 11) is 0. The largest absolute Gasteiger partial charge is 0.0623 e. The van der Waals surface area contributed by atoms with Gasteiger partial charge in [0.25, 0.3) is 0 Å². The Morgan fingerprint density at radius 2 is 1.10 bits per heavy atom. The lowest BCUT2D eigenvalue weighted by Crippen LogP contribution is -1.62. The number of hydrogen-bond donors (Lipinski definition) is 0. The van der Waals surface area contributed by atoms with E-state index in [0.717, 1.165) is 0 Å². The lowest BCUT2D eigenvalue weighted by molar-refractivity contribution is 1.72. The predicted molar refractivity (Wildman–Crippen MR) is 43.3 cm³/mol. The van der Waals surface area contributed by atoms with Crippen molar-refractivity contribution < 1.29 is 0 Å². The highest BCUT2D eigenvalue weighted by Crippen LogP contribution is 1.97. The van der Waals surface area contributed by atoms with Crippen LogP contribution in [0, 0.1) is 6.58 Å². The van der Waals surface area contributed by atoms with Gasteiger partial charge in [0.2, 0.25) is 0 Å². The fourth-order valence-corrected chi connectivity index (χ4v) is 0.631. The molecule has 0 saturated heterocycles. The Kier molecular flexibility index (Phi) is 2.50. The van der Waals surface area contributed by atoms with Crippen molar-refractivity contribution in [2.45, 2.75) is 0 Å². The van der Waals surface area contributed by atoms with Gasteiger partial charge in [-0.2, -0.15) is 0 Å². The lowest BCUT2D eigenvalue weighted by Gasteiger charge is -1.81. The van der Waals surface area contributed by atoms with Crippen molar-refractivity contribution in [1.29, 1.82) is 0 Å². The molecule has 1 aliphatic carbocycles. The summed E-state index contributed by atoms with van der Waals surface area (Å²) < 4.78 is 0. The van der Waals surface area contributed by atoms with E-state index < -0.39 is 0 Å². The quantitative estimate of drug-likeness (QED) is 0.470. The first-order valence-electron chi connectivity index (χ1n) is 3.16. The zero-order chi connectivity index (χ0) is 7.23. The summed E-state index contributed by atoms with van der Waals surface area (Å²) in [6, 6.07) is 0. The number of rotatable bonds is 0. The van der Waals surface area contributed by atoms with Crippen LogP contribution in [0.5, 0.6) is 0 Å². The van der Waals surface area contributed by atoms with Gasteiger partial charge in [0.15, 0.2) is 0 Å². The fourth-order valence-electron chi connectivity index (χ4n) is 0.631. The molecule has 0 aromatic rings. The first-order chi connectivity index (χ1) is 4.89. The van der Waals surface area contributed by atoms with Gasteiger partial charge in [0.1, 0.15) is 0 Å². The molecule has 0 nitrogen and oxygen atoms in total. The molecule has 0 heteroatoms. The van der Waals surface area contributed by atoms with Crippen molar-refractivity contribution in [3.63, 3.8) is 0 Å². The summed E-state index contributed by atoms with van der Waals surface area (Å²) in [5.74, 6) is 0. The molecule has 0 aliphatic heterocycles. The highest BCUT2D eigenvalue weighted by atomic mass is 13.8. The van der Waals surface area contributed by atoms with Gasteiger partial charge in [-0.1, -0.05) is 48.6 Å². The Labute approximate surface area is 61.6 Å². The van der Waals surface area contributed by atoms with Crippen molar-refractivity contribution in [2.75, 3.05) is 0 Å². The van der Waals surface area contributed by atoms with Crippen molar-refractivity contribution in [1.82, 2.24) is 0 Å². The topological polar surface area (TPSA) is 0 Å². The second-order valence-corrected chi connectivity index (χ2v) is 1.94. The smallest absolute Gasteiger partial charge is 0.00139 e. The first-order valence-corrected chi connectivity index (χ1v) is 3.16. The van der Waals surface area contributed by atoms with Gasteiger partial charge in [-0.3, -0.25) is 0 Å². The van der Waals surface area contributed by atoms with Crippen LogP contribution in [0.15, 0.2) is 54.2 Å². The maximum Gasteiger partial charge on any atom is -0.00139 e. The molecule has 0 saturated carbocycles. The average Bonchev–Trinajstić information content (AvgIpc) is 2.02. The van der Waals surface area contributed by atoms with E-state index in [2.05, 4.69) is 0 Å². The normalized spacial score (nSPS) is 29.4. The van der Waals surface area contributed by atoms with Crippen LogP contribution in [0.3, 0.4) is 0 Å². The predicted octanol–water partition coefficient (Wildman–Crippen LogP) is 2.46. The van der Waals surface area contributed by atoms with E-state index in [9.17, 15) is 0 Å². The molecule has 0 bridgehead atoms. The summed E-state index contributed by atoms with van der Waals surface area (Å²) >= 11 is 0. The molecule has 0 aromatic heterocycles. The van der Waals surface area contributed by atoms with E-state index in [0.29, 0.717) is 5.57 Å². The third kappa shape index (κ3) is 2.31. The standard InChI is InChI=1S/C10H8/c1-10-8-6-4-2-3-5-7-9-10/h2-9H/b4-2-,5-3-,8-6-,9-7-. The van der Waals surface area contributed by atoms with Crippen LogP contribution in [-0.4, -0.2) is 0 Å². The molecule has 0 fully saturated rings. The molecule has 0 N–H and O–H groups in total. The van der Waals surface area contributed by atoms with E-state index in [1.54, 1.807) is 12.2 Å². The van der Waals surface area contributed by atoms with Gasteiger partial charge < -0.3 is 0 Å². The third-order valence-corrected chi connectivity index (χ3v) is 1.11. The molecular formula is C10H8. The Balaban J connectivity index is 2.80. The van der Waals surface area contributed by atoms with Crippen molar-refractivity contribution in [3.8, 4) is 0 Å². The van der Waals surface area contributed by atoms with E-state index in [-0.39, 0.29) is 0 Å². The minimum Gasteiger partial charge on any atom is -0.0623 e. The molecule has 0 aromatic carbocycles. The molecule has 0 amide bonds. The second-order valence-electron chi connectivity index (χ2n) is 1.94. The molecule has 1 rings (SSSR count). The molecule has 10 heavy (non-hydrogen) atoms. The van der Waals surface area contributed by atoms with Crippen LogP contribution in [0.25, 0.3) is 0 Å². The minimum absolute atomic E-state index is 0.524. The fraction of sp³-hybridized carbons (Fsp3) is 0. The van der Waals surface area contributed by atoms with Crippen LogP contribution in [-0.2, 0) is 0 Å². The SMILES string of the molecule is [C]=C1\C=C/C=C\C=C/C=C\1. The molecule has 0 atom stereocenters.